The molecule has 20 heavy (non-hydrogen) atoms. The predicted molar refractivity (Wildman–Crippen MR) is 79.3 cm³/mol. The summed E-state index contributed by atoms with van der Waals surface area (Å²) in [6, 6.07) is 0.381. The van der Waals surface area contributed by atoms with E-state index in [0.29, 0.717) is 19.1 Å². The normalized spacial score (nSPS) is 16.9. The monoisotopic (exact) mass is 278 g/mol. The van der Waals surface area contributed by atoms with Gasteiger partial charge in [-0.05, 0) is 19.8 Å². The van der Waals surface area contributed by atoms with Gasteiger partial charge in [0.15, 0.2) is 0 Å². The van der Waals surface area contributed by atoms with E-state index in [1.54, 1.807) is 0 Å². The highest BCUT2D eigenvalue weighted by Gasteiger charge is 2.14. The quantitative estimate of drug-likeness (QED) is 0.805. The van der Waals surface area contributed by atoms with Crippen molar-refractivity contribution in [3.8, 4) is 0 Å². The van der Waals surface area contributed by atoms with Crippen molar-refractivity contribution >= 4 is 5.91 Å². The fourth-order valence-corrected chi connectivity index (χ4v) is 2.73. The highest BCUT2D eigenvalue weighted by molar-refractivity contribution is 5.78. The summed E-state index contributed by atoms with van der Waals surface area (Å²) in [5.74, 6) is 0.110. The average molecular weight is 278 g/mol. The van der Waals surface area contributed by atoms with Crippen molar-refractivity contribution in [1.29, 1.82) is 0 Å². The Morgan fingerprint density at radius 2 is 2.05 bits per heavy atom. The van der Waals surface area contributed by atoms with E-state index in [1.165, 1.54) is 25.7 Å². The lowest BCUT2D eigenvalue weighted by Gasteiger charge is -2.16. The highest BCUT2D eigenvalue weighted by atomic mass is 16.1. The Balaban J connectivity index is 1.68. The first kappa shape index (κ1) is 15.0. The van der Waals surface area contributed by atoms with Crippen molar-refractivity contribution in [2.45, 2.75) is 58.0 Å². The summed E-state index contributed by atoms with van der Waals surface area (Å²) in [5, 5.41) is 10.5. The molecule has 0 saturated heterocycles. The molecule has 1 aliphatic rings. The largest absolute Gasteiger partial charge is 0.352 e. The smallest absolute Gasteiger partial charge is 0.234 e. The van der Waals surface area contributed by atoms with Gasteiger partial charge in [0.05, 0.1) is 12.7 Å². The second-order valence-electron chi connectivity index (χ2n) is 5.74. The van der Waals surface area contributed by atoms with Crippen LogP contribution in [0.15, 0.2) is 6.20 Å². The molecule has 2 rings (SSSR count). The van der Waals surface area contributed by atoms with Crippen molar-refractivity contribution in [3.05, 3.63) is 17.5 Å². The molecule has 0 radical (unpaired) electrons. The molecule has 1 aromatic heterocycles. The van der Waals surface area contributed by atoms with Crippen LogP contribution in [0.25, 0.3) is 0 Å². The molecular weight excluding hydrogens is 252 g/mol. The third-order valence-corrected chi connectivity index (χ3v) is 4.16. The van der Waals surface area contributed by atoms with Crippen molar-refractivity contribution in [2.75, 3.05) is 6.54 Å². The van der Waals surface area contributed by atoms with E-state index in [4.69, 9.17) is 0 Å². The zero-order valence-electron chi connectivity index (χ0n) is 12.6. The fourth-order valence-electron chi connectivity index (χ4n) is 2.73. The molecule has 0 aliphatic heterocycles. The molecule has 0 bridgehead atoms. The van der Waals surface area contributed by atoms with Crippen LogP contribution in [0.4, 0.5) is 0 Å². The molecule has 5 heteroatoms. The number of amides is 1. The summed E-state index contributed by atoms with van der Waals surface area (Å²) in [6.45, 7) is 3.11. The number of nitrogens with zero attached hydrogens (tertiary/aromatic N) is 2. The van der Waals surface area contributed by atoms with Crippen LogP contribution in [0, 0.1) is 6.92 Å². The first-order chi connectivity index (χ1) is 9.66. The van der Waals surface area contributed by atoms with Gasteiger partial charge in [-0.25, -0.2) is 0 Å². The van der Waals surface area contributed by atoms with Crippen molar-refractivity contribution in [2.24, 2.45) is 7.05 Å². The van der Waals surface area contributed by atoms with Crippen LogP contribution < -0.4 is 10.6 Å². The van der Waals surface area contributed by atoms with Crippen LogP contribution in [-0.2, 0) is 18.4 Å². The lowest BCUT2D eigenvalue weighted by molar-refractivity contribution is -0.121. The number of aryl methyl sites for hydroxylation is 1. The van der Waals surface area contributed by atoms with E-state index in [0.717, 1.165) is 24.1 Å². The molecule has 112 valence electrons. The lowest BCUT2D eigenvalue weighted by Crippen LogP contribution is -2.40. The minimum Gasteiger partial charge on any atom is -0.352 e. The Morgan fingerprint density at radius 1 is 1.35 bits per heavy atom. The Hall–Kier alpha value is -1.36. The second kappa shape index (κ2) is 7.43. The fraction of sp³-hybridized carbons (Fsp3) is 0.733. The molecule has 1 aromatic rings. The summed E-state index contributed by atoms with van der Waals surface area (Å²) in [6.07, 6.45) is 9.22. The molecule has 1 fully saturated rings. The standard InChI is InChI=1S/C15H26N4O/c1-12-13(10-17-19(12)2)9-16-11-15(20)18-14-7-5-3-4-6-8-14/h10,14,16H,3-9,11H2,1-2H3,(H,18,20). The number of aromatic nitrogens is 2. The van der Waals surface area contributed by atoms with Crippen LogP contribution >= 0.6 is 0 Å². The van der Waals surface area contributed by atoms with E-state index >= 15 is 0 Å². The molecule has 2 N–H and O–H groups in total. The number of nitrogens with one attached hydrogen (secondary N) is 2. The van der Waals surface area contributed by atoms with E-state index < -0.39 is 0 Å². The van der Waals surface area contributed by atoms with Crippen LogP contribution in [-0.4, -0.2) is 28.3 Å². The molecule has 1 amide bonds. The first-order valence-electron chi connectivity index (χ1n) is 7.64. The van der Waals surface area contributed by atoms with Gasteiger partial charge in [-0.1, -0.05) is 25.7 Å². The summed E-state index contributed by atoms with van der Waals surface area (Å²) in [7, 11) is 1.93. The summed E-state index contributed by atoms with van der Waals surface area (Å²) in [5.41, 5.74) is 2.29. The van der Waals surface area contributed by atoms with Gasteiger partial charge in [-0.3, -0.25) is 9.48 Å². The third kappa shape index (κ3) is 4.34. The maximum Gasteiger partial charge on any atom is 0.234 e. The predicted octanol–water partition coefficient (Wildman–Crippen LogP) is 1.66. The molecule has 5 nitrogen and oxygen atoms in total. The Labute approximate surface area is 121 Å². The van der Waals surface area contributed by atoms with Gasteiger partial charge in [-0.2, -0.15) is 5.10 Å². The van der Waals surface area contributed by atoms with E-state index in [2.05, 4.69) is 15.7 Å². The van der Waals surface area contributed by atoms with E-state index in [9.17, 15) is 4.79 Å². The highest BCUT2D eigenvalue weighted by Crippen LogP contribution is 2.16. The van der Waals surface area contributed by atoms with E-state index in [-0.39, 0.29) is 5.91 Å². The van der Waals surface area contributed by atoms with Crippen LogP contribution in [0.2, 0.25) is 0 Å². The van der Waals surface area contributed by atoms with Gasteiger partial charge in [0, 0.05) is 30.9 Å². The molecule has 1 saturated carbocycles. The summed E-state index contributed by atoms with van der Waals surface area (Å²) >= 11 is 0. The Morgan fingerprint density at radius 3 is 2.65 bits per heavy atom. The molecule has 0 unspecified atom stereocenters. The molecule has 0 atom stereocenters. The van der Waals surface area contributed by atoms with Crippen molar-refractivity contribution < 1.29 is 4.79 Å². The first-order valence-corrected chi connectivity index (χ1v) is 7.64. The van der Waals surface area contributed by atoms with Crippen LogP contribution in [0.1, 0.15) is 49.8 Å². The minimum absolute atomic E-state index is 0.110. The zero-order valence-corrected chi connectivity index (χ0v) is 12.6. The maximum atomic E-state index is 11.9. The van der Waals surface area contributed by atoms with Gasteiger partial charge in [0.2, 0.25) is 5.91 Å². The van der Waals surface area contributed by atoms with Crippen molar-refractivity contribution in [1.82, 2.24) is 20.4 Å². The number of rotatable bonds is 5. The molecular formula is C15H26N4O. The Bertz CT molecular complexity index is 433. The van der Waals surface area contributed by atoms with Crippen LogP contribution in [0.5, 0.6) is 0 Å². The number of hydrogen-bond acceptors (Lipinski definition) is 3. The number of carbonyl (C=O) groups is 1. The zero-order chi connectivity index (χ0) is 14.4. The second-order valence-corrected chi connectivity index (χ2v) is 5.74. The molecule has 0 spiro atoms. The molecule has 1 heterocycles. The molecule has 1 aliphatic carbocycles. The topological polar surface area (TPSA) is 59.0 Å². The lowest BCUT2D eigenvalue weighted by atomic mass is 10.1. The average Bonchev–Trinajstić information content (AvgIpc) is 2.65. The molecule has 0 aromatic carbocycles. The summed E-state index contributed by atoms with van der Waals surface area (Å²) < 4.78 is 1.85. The van der Waals surface area contributed by atoms with Gasteiger partial charge < -0.3 is 10.6 Å². The number of hydrogen-bond donors (Lipinski definition) is 2. The maximum absolute atomic E-state index is 11.9. The van der Waals surface area contributed by atoms with E-state index in [1.807, 2.05) is 24.9 Å². The van der Waals surface area contributed by atoms with Crippen molar-refractivity contribution in [3.63, 3.8) is 0 Å². The summed E-state index contributed by atoms with van der Waals surface area (Å²) in [4.78, 5) is 11.9. The SMILES string of the molecule is Cc1c(CNCC(=O)NC2CCCCCC2)cnn1C. The van der Waals surface area contributed by atoms with Gasteiger partial charge >= 0.3 is 0 Å². The minimum atomic E-state index is 0.110. The third-order valence-electron chi connectivity index (χ3n) is 4.16. The Kier molecular flexibility index (Phi) is 5.59. The van der Waals surface area contributed by atoms with Crippen LogP contribution in [0.3, 0.4) is 0 Å². The van der Waals surface area contributed by atoms with Gasteiger partial charge in [0.1, 0.15) is 0 Å². The number of carbonyl (C=O) groups excluding carboxylic acids is 1. The van der Waals surface area contributed by atoms with Gasteiger partial charge in [0.25, 0.3) is 0 Å². The van der Waals surface area contributed by atoms with Gasteiger partial charge in [-0.15, -0.1) is 0 Å².